The molecule has 0 aliphatic rings. The number of hydrogen-bond donors (Lipinski definition) is 2. The van der Waals surface area contributed by atoms with Crippen LogP contribution in [0.15, 0.2) is 24.3 Å². The molecule has 2 N–H and O–H groups in total. The highest BCUT2D eigenvalue weighted by atomic mass is 32.2. The van der Waals surface area contributed by atoms with Crippen LogP contribution in [0.25, 0.3) is 11.0 Å². The number of nitrogens with one attached hydrogen (secondary N) is 2. The van der Waals surface area contributed by atoms with E-state index in [1.54, 1.807) is 11.8 Å². The summed E-state index contributed by atoms with van der Waals surface area (Å²) in [6, 6.07) is 7.76. The van der Waals surface area contributed by atoms with E-state index in [1.165, 1.54) is 0 Å². The number of benzene rings is 1. The molecule has 1 aromatic carbocycles. The molecule has 4 nitrogen and oxygen atoms in total. The van der Waals surface area contributed by atoms with Gasteiger partial charge in [0.1, 0.15) is 5.82 Å². The van der Waals surface area contributed by atoms with Crippen molar-refractivity contribution in [3.05, 3.63) is 30.1 Å². The fourth-order valence-corrected chi connectivity index (χ4v) is 2.14. The standard InChI is InChI=1S/C13H17N3OS/c1-9(14-12(17)7-8-18-2)13-15-10-5-3-4-6-11(10)16-13/h3-6,9H,7-8H2,1-2H3,(H,14,17)(H,15,16). The number of amides is 1. The van der Waals surface area contributed by atoms with Crippen LogP contribution in [0, 0.1) is 0 Å². The maximum atomic E-state index is 11.6. The van der Waals surface area contributed by atoms with Gasteiger partial charge < -0.3 is 10.3 Å². The van der Waals surface area contributed by atoms with E-state index in [4.69, 9.17) is 0 Å². The number of H-pyrrole nitrogens is 1. The first-order valence-electron chi connectivity index (χ1n) is 5.93. The van der Waals surface area contributed by atoms with Crippen LogP contribution >= 0.6 is 11.8 Å². The highest BCUT2D eigenvalue weighted by Gasteiger charge is 2.12. The van der Waals surface area contributed by atoms with Crippen LogP contribution in [0.3, 0.4) is 0 Å². The molecule has 2 aromatic rings. The SMILES string of the molecule is CSCCC(=O)NC(C)c1nc2ccccc2[nH]1. The molecule has 0 fully saturated rings. The van der Waals surface area contributed by atoms with Gasteiger partial charge in [-0.3, -0.25) is 4.79 Å². The van der Waals surface area contributed by atoms with Crippen LogP contribution in [-0.2, 0) is 4.79 Å². The number of aromatic nitrogens is 2. The van der Waals surface area contributed by atoms with E-state index in [-0.39, 0.29) is 11.9 Å². The first-order chi connectivity index (χ1) is 8.70. The van der Waals surface area contributed by atoms with Crippen molar-refractivity contribution in [1.29, 1.82) is 0 Å². The first-order valence-corrected chi connectivity index (χ1v) is 7.33. The van der Waals surface area contributed by atoms with Gasteiger partial charge in [0.25, 0.3) is 0 Å². The van der Waals surface area contributed by atoms with Crippen molar-refractivity contribution in [1.82, 2.24) is 15.3 Å². The molecule has 0 saturated heterocycles. The van der Waals surface area contributed by atoms with Gasteiger partial charge in [-0.25, -0.2) is 4.98 Å². The zero-order valence-corrected chi connectivity index (χ0v) is 11.4. The largest absolute Gasteiger partial charge is 0.346 e. The summed E-state index contributed by atoms with van der Waals surface area (Å²) in [5.74, 6) is 1.71. The van der Waals surface area contributed by atoms with Gasteiger partial charge in [-0.05, 0) is 25.3 Å². The maximum absolute atomic E-state index is 11.6. The predicted molar refractivity (Wildman–Crippen MR) is 75.7 cm³/mol. The Morgan fingerprint density at radius 2 is 2.28 bits per heavy atom. The van der Waals surface area contributed by atoms with Gasteiger partial charge in [0.15, 0.2) is 0 Å². The summed E-state index contributed by atoms with van der Waals surface area (Å²) in [6.45, 7) is 1.94. The summed E-state index contributed by atoms with van der Waals surface area (Å²) >= 11 is 1.67. The van der Waals surface area contributed by atoms with E-state index < -0.39 is 0 Å². The number of carbonyl (C=O) groups excluding carboxylic acids is 1. The van der Waals surface area contributed by atoms with Gasteiger partial charge >= 0.3 is 0 Å². The van der Waals surface area contributed by atoms with Crippen LogP contribution in [0.5, 0.6) is 0 Å². The molecule has 0 radical (unpaired) electrons. The summed E-state index contributed by atoms with van der Waals surface area (Å²) in [6.07, 6.45) is 2.54. The van der Waals surface area contributed by atoms with E-state index >= 15 is 0 Å². The lowest BCUT2D eigenvalue weighted by atomic mass is 10.3. The van der Waals surface area contributed by atoms with Crippen molar-refractivity contribution >= 4 is 28.7 Å². The van der Waals surface area contributed by atoms with Crippen molar-refractivity contribution in [2.45, 2.75) is 19.4 Å². The molecule has 18 heavy (non-hydrogen) atoms. The summed E-state index contributed by atoms with van der Waals surface area (Å²) in [7, 11) is 0. The summed E-state index contributed by atoms with van der Waals surface area (Å²) in [5, 5.41) is 2.95. The maximum Gasteiger partial charge on any atom is 0.221 e. The summed E-state index contributed by atoms with van der Waals surface area (Å²) < 4.78 is 0. The van der Waals surface area contributed by atoms with Gasteiger partial charge in [-0.15, -0.1) is 0 Å². The van der Waals surface area contributed by atoms with Crippen LogP contribution < -0.4 is 5.32 Å². The molecule has 0 bridgehead atoms. The van der Waals surface area contributed by atoms with E-state index in [9.17, 15) is 4.79 Å². The number of nitrogens with zero attached hydrogens (tertiary/aromatic N) is 1. The minimum absolute atomic E-state index is 0.0670. The lowest BCUT2D eigenvalue weighted by Crippen LogP contribution is -2.27. The molecule has 1 atom stereocenters. The third-order valence-corrected chi connectivity index (χ3v) is 3.34. The van der Waals surface area contributed by atoms with E-state index in [0.717, 1.165) is 22.6 Å². The van der Waals surface area contributed by atoms with E-state index in [0.29, 0.717) is 6.42 Å². The average Bonchev–Trinajstić information content (AvgIpc) is 2.80. The van der Waals surface area contributed by atoms with E-state index in [1.807, 2.05) is 37.4 Å². The molecule has 2 rings (SSSR count). The van der Waals surface area contributed by atoms with Gasteiger partial charge in [0, 0.05) is 12.2 Å². The highest BCUT2D eigenvalue weighted by Crippen LogP contribution is 2.15. The molecule has 0 saturated carbocycles. The van der Waals surface area contributed by atoms with Crippen molar-refractivity contribution < 1.29 is 4.79 Å². The lowest BCUT2D eigenvalue weighted by molar-refractivity contribution is -0.121. The third-order valence-electron chi connectivity index (χ3n) is 2.73. The second-order valence-electron chi connectivity index (χ2n) is 4.17. The van der Waals surface area contributed by atoms with Gasteiger partial charge in [0.05, 0.1) is 17.1 Å². The Labute approximate surface area is 111 Å². The lowest BCUT2D eigenvalue weighted by Gasteiger charge is -2.10. The predicted octanol–water partition coefficient (Wildman–Crippen LogP) is 2.49. The van der Waals surface area contributed by atoms with Crippen molar-refractivity contribution in [3.63, 3.8) is 0 Å². The summed E-state index contributed by atoms with van der Waals surface area (Å²) in [4.78, 5) is 19.3. The van der Waals surface area contributed by atoms with Gasteiger partial charge in [-0.2, -0.15) is 11.8 Å². The molecule has 96 valence electrons. The van der Waals surface area contributed by atoms with Crippen molar-refractivity contribution in [3.8, 4) is 0 Å². The molecule has 0 aliphatic heterocycles. The molecule has 5 heteroatoms. The second-order valence-corrected chi connectivity index (χ2v) is 5.16. The Balaban J connectivity index is 2.04. The topological polar surface area (TPSA) is 57.8 Å². The zero-order chi connectivity index (χ0) is 13.0. The molecule has 1 aromatic heterocycles. The first kappa shape index (κ1) is 13.0. The third kappa shape index (κ3) is 3.04. The Hall–Kier alpha value is -1.49. The molecule has 0 spiro atoms. The Bertz CT molecular complexity index is 505. The van der Waals surface area contributed by atoms with Crippen LogP contribution in [0.1, 0.15) is 25.2 Å². The van der Waals surface area contributed by atoms with Crippen LogP contribution in [0.4, 0.5) is 0 Å². The Kier molecular flexibility index (Phi) is 4.25. The number of para-hydroxylation sites is 2. The molecule has 1 heterocycles. The van der Waals surface area contributed by atoms with Crippen LogP contribution in [0.2, 0.25) is 0 Å². The fraction of sp³-hybridized carbons (Fsp3) is 0.385. The molecular formula is C13H17N3OS. The monoisotopic (exact) mass is 263 g/mol. The number of imidazole rings is 1. The fourth-order valence-electron chi connectivity index (χ4n) is 1.75. The van der Waals surface area contributed by atoms with Gasteiger partial charge in [0.2, 0.25) is 5.91 Å². The second kappa shape index (κ2) is 5.91. The average molecular weight is 263 g/mol. The highest BCUT2D eigenvalue weighted by molar-refractivity contribution is 7.98. The van der Waals surface area contributed by atoms with Gasteiger partial charge in [-0.1, -0.05) is 12.1 Å². The Morgan fingerprint density at radius 3 is 3.00 bits per heavy atom. The smallest absolute Gasteiger partial charge is 0.221 e. The number of carbonyl (C=O) groups is 1. The minimum Gasteiger partial charge on any atom is -0.346 e. The molecule has 1 unspecified atom stereocenters. The zero-order valence-electron chi connectivity index (χ0n) is 10.6. The molecular weight excluding hydrogens is 246 g/mol. The molecule has 1 amide bonds. The number of rotatable bonds is 5. The Morgan fingerprint density at radius 1 is 1.50 bits per heavy atom. The minimum atomic E-state index is -0.0910. The quantitative estimate of drug-likeness (QED) is 0.871. The van der Waals surface area contributed by atoms with E-state index in [2.05, 4.69) is 15.3 Å². The number of aromatic amines is 1. The number of thioether (sulfide) groups is 1. The van der Waals surface area contributed by atoms with Crippen molar-refractivity contribution in [2.75, 3.05) is 12.0 Å². The normalized spacial score (nSPS) is 12.6. The van der Waals surface area contributed by atoms with Crippen LogP contribution in [-0.4, -0.2) is 27.9 Å². The summed E-state index contributed by atoms with van der Waals surface area (Å²) in [5.41, 5.74) is 1.93. The number of hydrogen-bond acceptors (Lipinski definition) is 3. The van der Waals surface area contributed by atoms with Crippen molar-refractivity contribution in [2.24, 2.45) is 0 Å². The number of fused-ring (bicyclic) bond motifs is 1. The molecule has 0 aliphatic carbocycles.